The Morgan fingerprint density at radius 2 is 1.50 bits per heavy atom. The molecule has 0 saturated carbocycles. The van der Waals surface area contributed by atoms with E-state index in [1.807, 2.05) is 0 Å². The van der Waals surface area contributed by atoms with E-state index in [0.29, 0.717) is 44.2 Å². The van der Waals surface area contributed by atoms with Crippen molar-refractivity contribution in [3.05, 3.63) is 0 Å². The maximum atomic E-state index is 12.7. The number of hydrogen-bond acceptors (Lipinski definition) is 3. The Morgan fingerprint density at radius 3 is 2.20 bits per heavy atom. The van der Waals surface area contributed by atoms with Crippen LogP contribution in [0.25, 0.3) is 0 Å². The van der Waals surface area contributed by atoms with Gasteiger partial charge in [-0.1, -0.05) is 6.92 Å². The summed E-state index contributed by atoms with van der Waals surface area (Å²) in [6.07, 6.45) is 5.28. The molecule has 0 spiro atoms. The second-order valence-corrected chi connectivity index (χ2v) is 8.30. The quantitative estimate of drug-likeness (QED) is 0.831. The Hall–Kier alpha value is 0.120. The Bertz CT molecular complexity index is 423. The van der Waals surface area contributed by atoms with Gasteiger partial charge in [-0.25, -0.2) is 0 Å². The number of halogens is 1. The molecular weight excluding hydrogens is 298 g/mol. The summed E-state index contributed by atoms with van der Waals surface area (Å²) in [5, 5.41) is 3.54. The molecule has 3 heterocycles. The first-order chi connectivity index (χ1) is 9.05. The van der Waals surface area contributed by atoms with Gasteiger partial charge in [0.2, 0.25) is 0 Å². The van der Waals surface area contributed by atoms with Crippen molar-refractivity contribution in [2.24, 2.45) is 5.92 Å². The van der Waals surface area contributed by atoms with Crippen molar-refractivity contribution < 1.29 is 8.42 Å². The molecule has 0 aromatic heterocycles. The molecular formula is C13H26ClN3O2S. The minimum Gasteiger partial charge on any atom is -0.310 e. The summed E-state index contributed by atoms with van der Waals surface area (Å²) >= 11 is 0. The highest BCUT2D eigenvalue weighted by molar-refractivity contribution is 7.86. The second kappa shape index (κ2) is 6.48. The van der Waals surface area contributed by atoms with Gasteiger partial charge in [-0.2, -0.15) is 17.0 Å². The molecule has 0 aromatic carbocycles. The van der Waals surface area contributed by atoms with Gasteiger partial charge in [0.1, 0.15) is 0 Å². The fraction of sp³-hybridized carbons (Fsp3) is 1.00. The van der Waals surface area contributed by atoms with E-state index >= 15 is 0 Å². The Balaban J connectivity index is 0.00000147. The van der Waals surface area contributed by atoms with Gasteiger partial charge >= 0.3 is 0 Å². The molecule has 0 radical (unpaired) electrons. The molecule has 2 atom stereocenters. The van der Waals surface area contributed by atoms with Crippen LogP contribution in [0.2, 0.25) is 0 Å². The van der Waals surface area contributed by atoms with Crippen LogP contribution >= 0.6 is 12.4 Å². The molecule has 3 aliphatic rings. The molecule has 0 aliphatic carbocycles. The maximum Gasteiger partial charge on any atom is 0.282 e. The molecule has 118 valence electrons. The summed E-state index contributed by atoms with van der Waals surface area (Å²) in [7, 11) is -3.23. The van der Waals surface area contributed by atoms with Gasteiger partial charge in [0.15, 0.2) is 0 Å². The third kappa shape index (κ3) is 3.30. The molecule has 0 amide bonds. The van der Waals surface area contributed by atoms with Gasteiger partial charge in [0.25, 0.3) is 10.2 Å². The van der Waals surface area contributed by atoms with Gasteiger partial charge in [-0.05, 0) is 38.0 Å². The first-order valence-corrected chi connectivity index (χ1v) is 8.96. The molecule has 3 fully saturated rings. The third-order valence-corrected chi connectivity index (χ3v) is 6.88. The monoisotopic (exact) mass is 323 g/mol. The van der Waals surface area contributed by atoms with Crippen LogP contribution in [-0.2, 0) is 10.2 Å². The predicted octanol–water partition coefficient (Wildman–Crippen LogP) is 1.21. The molecule has 1 N–H and O–H groups in total. The van der Waals surface area contributed by atoms with Gasteiger partial charge in [0, 0.05) is 38.3 Å². The maximum absolute atomic E-state index is 12.7. The van der Waals surface area contributed by atoms with Crippen LogP contribution in [-0.4, -0.2) is 55.3 Å². The number of hydrogen-bond donors (Lipinski definition) is 1. The van der Waals surface area contributed by atoms with Crippen LogP contribution in [0.1, 0.15) is 39.0 Å². The van der Waals surface area contributed by atoms with E-state index in [0.717, 1.165) is 25.7 Å². The lowest BCUT2D eigenvalue weighted by Gasteiger charge is -2.34. The van der Waals surface area contributed by atoms with Crippen LogP contribution in [0.15, 0.2) is 0 Å². The molecule has 3 saturated heterocycles. The number of nitrogens with zero attached hydrogens (tertiary/aromatic N) is 2. The van der Waals surface area contributed by atoms with Crippen molar-refractivity contribution in [3.8, 4) is 0 Å². The van der Waals surface area contributed by atoms with Crippen molar-refractivity contribution in [1.29, 1.82) is 0 Å². The van der Waals surface area contributed by atoms with Crippen LogP contribution < -0.4 is 5.32 Å². The first kappa shape index (κ1) is 16.5. The minimum absolute atomic E-state index is 0. The second-order valence-electron chi connectivity index (χ2n) is 6.37. The summed E-state index contributed by atoms with van der Waals surface area (Å²) in [6.45, 7) is 4.94. The fourth-order valence-corrected chi connectivity index (χ4v) is 5.20. The minimum atomic E-state index is -3.23. The van der Waals surface area contributed by atoms with Gasteiger partial charge in [-0.15, -0.1) is 12.4 Å². The Morgan fingerprint density at radius 1 is 0.900 bits per heavy atom. The number of fused-ring (bicyclic) bond motifs is 2. The summed E-state index contributed by atoms with van der Waals surface area (Å²) in [5.74, 6) is 0.660. The highest BCUT2D eigenvalue weighted by Crippen LogP contribution is 2.25. The number of piperidine rings is 1. The standard InChI is InChI=1S/C13H25N3O2S.ClH/c1-11-4-7-15(8-5-11)19(17,18)16-9-6-12-2-3-13(10-16)14-12;/h11-14H,2-10H2,1H3;1H. The summed E-state index contributed by atoms with van der Waals surface area (Å²) in [5.41, 5.74) is 0. The average molecular weight is 324 g/mol. The lowest BCUT2D eigenvalue weighted by atomic mass is 10.0. The number of rotatable bonds is 2. The van der Waals surface area contributed by atoms with Crippen LogP contribution in [0.4, 0.5) is 0 Å². The average Bonchev–Trinajstić information content (AvgIpc) is 2.69. The zero-order valence-corrected chi connectivity index (χ0v) is 13.8. The van der Waals surface area contributed by atoms with Gasteiger partial charge in [0.05, 0.1) is 0 Å². The van der Waals surface area contributed by atoms with E-state index in [2.05, 4.69) is 12.2 Å². The van der Waals surface area contributed by atoms with E-state index in [1.165, 1.54) is 6.42 Å². The van der Waals surface area contributed by atoms with E-state index in [-0.39, 0.29) is 12.4 Å². The van der Waals surface area contributed by atoms with Crippen molar-refractivity contribution in [3.63, 3.8) is 0 Å². The van der Waals surface area contributed by atoms with E-state index in [1.54, 1.807) is 8.61 Å². The molecule has 0 aromatic rings. The van der Waals surface area contributed by atoms with Crippen LogP contribution in [0, 0.1) is 5.92 Å². The molecule has 2 unspecified atom stereocenters. The zero-order valence-electron chi connectivity index (χ0n) is 12.1. The largest absolute Gasteiger partial charge is 0.310 e. The van der Waals surface area contributed by atoms with Crippen LogP contribution in [0.3, 0.4) is 0 Å². The van der Waals surface area contributed by atoms with Crippen LogP contribution in [0.5, 0.6) is 0 Å². The predicted molar refractivity (Wildman–Crippen MR) is 82.3 cm³/mol. The Labute approximate surface area is 128 Å². The van der Waals surface area contributed by atoms with Crippen molar-refractivity contribution in [2.75, 3.05) is 26.2 Å². The lowest BCUT2D eigenvalue weighted by molar-refractivity contribution is 0.260. The van der Waals surface area contributed by atoms with Crippen molar-refractivity contribution in [1.82, 2.24) is 13.9 Å². The van der Waals surface area contributed by atoms with Gasteiger partial charge in [-0.3, -0.25) is 0 Å². The summed E-state index contributed by atoms with van der Waals surface area (Å²) in [4.78, 5) is 0. The third-order valence-electron chi connectivity index (χ3n) is 4.88. The van der Waals surface area contributed by atoms with Gasteiger partial charge < -0.3 is 5.32 Å². The number of nitrogens with one attached hydrogen (secondary N) is 1. The first-order valence-electron chi connectivity index (χ1n) is 7.57. The van der Waals surface area contributed by atoms with Crippen molar-refractivity contribution >= 4 is 22.6 Å². The van der Waals surface area contributed by atoms with E-state index in [4.69, 9.17) is 0 Å². The summed E-state index contributed by atoms with van der Waals surface area (Å²) in [6, 6.07) is 0.901. The zero-order chi connectivity index (χ0) is 13.5. The Kier molecular flexibility index (Phi) is 5.34. The SMILES string of the molecule is CC1CCN(S(=O)(=O)N2CCC3CCC(C2)N3)CC1.Cl. The summed E-state index contributed by atoms with van der Waals surface area (Å²) < 4.78 is 28.8. The van der Waals surface area contributed by atoms with E-state index in [9.17, 15) is 8.42 Å². The molecule has 3 aliphatic heterocycles. The smallest absolute Gasteiger partial charge is 0.282 e. The molecule has 7 heteroatoms. The fourth-order valence-electron chi connectivity index (χ4n) is 3.50. The molecule has 5 nitrogen and oxygen atoms in total. The molecule has 2 bridgehead atoms. The lowest BCUT2D eigenvalue weighted by Crippen LogP contribution is -2.49. The topological polar surface area (TPSA) is 52.7 Å². The molecule has 20 heavy (non-hydrogen) atoms. The highest BCUT2D eigenvalue weighted by Gasteiger charge is 2.37. The van der Waals surface area contributed by atoms with E-state index < -0.39 is 10.2 Å². The van der Waals surface area contributed by atoms with Crippen molar-refractivity contribution in [2.45, 2.75) is 51.1 Å². The molecule has 3 rings (SSSR count). The normalized spacial score (nSPS) is 33.6. The highest BCUT2D eigenvalue weighted by atomic mass is 35.5.